The Hall–Kier alpha value is -1.80. The highest BCUT2D eigenvalue weighted by Gasteiger charge is 2.22. The number of ether oxygens (including phenoxy) is 1. The second kappa shape index (κ2) is 7.40. The van der Waals surface area contributed by atoms with Gasteiger partial charge in [0.05, 0.1) is 30.7 Å². The molecule has 1 aromatic rings. The lowest BCUT2D eigenvalue weighted by atomic mass is 10.0. The lowest BCUT2D eigenvalue weighted by Crippen LogP contribution is -2.42. The van der Waals surface area contributed by atoms with Crippen molar-refractivity contribution in [1.29, 1.82) is 0 Å². The number of sulfone groups is 1. The molecule has 0 radical (unpaired) electrons. The zero-order chi connectivity index (χ0) is 17.0. The molecule has 1 aromatic carbocycles. The third-order valence-corrected chi connectivity index (χ3v) is 6.03. The van der Waals surface area contributed by atoms with E-state index in [1.165, 1.54) is 0 Å². The highest BCUT2D eigenvalue weighted by atomic mass is 32.2. The van der Waals surface area contributed by atoms with Crippen LogP contribution < -0.4 is 15.8 Å². The molecular formula is C16H24N4O3S. The summed E-state index contributed by atoms with van der Waals surface area (Å²) in [4.78, 5) is 6.49. The van der Waals surface area contributed by atoms with Crippen molar-refractivity contribution < 1.29 is 13.2 Å². The molecule has 0 spiro atoms. The summed E-state index contributed by atoms with van der Waals surface area (Å²) in [6.45, 7) is 3.10. The largest absolute Gasteiger partial charge is 0.493 e. The SMILES string of the molecule is NC(=NCCN1CCS(=O)(=O)CC1)NC1CCOc2ccccc21. The number of benzene rings is 1. The summed E-state index contributed by atoms with van der Waals surface area (Å²) in [6.07, 6.45) is 0.844. The van der Waals surface area contributed by atoms with Gasteiger partial charge in [0.2, 0.25) is 0 Å². The van der Waals surface area contributed by atoms with Gasteiger partial charge in [-0.2, -0.15) is 0 Å². The van der Waals surface area contributed by atoms with Crippen LogP contribution in [0.4, 0.5) is 0 Å². The van der Waals surface area contributed by atoms with Gasteiger partial charge in [-0.3, -0.25) is 9.89 Å². The molecular weight excluding hydrogens is 328 g/mol. The van der Waals surface area contributed by atoms with E-state index in [1.807, 2.05) is 24.3 Å². The van der Waals surface area contributed by atoms with Crippen molar-refractivity contribution in [2.75, 3.05) is 44.3 Å². The van der Waals surface area contributed by atoms with Gasteiger partial charge in [0.25, 0.3) is 0 Å². The quantitative estimate of drug-likeness (QED) is 0.591. The molecule has 7 nitrogen and oxygen atoms in total. The van der Waals surface area contributed by atoms with E-state index in [9.17, 15) is 8.42 Å². The van der Waals surface area contributed by atoms with Crippen molar-refractivity contribution in [3.8, 4) is 5.75 Å². The number of fused-ring (bicyclic) bond motifs is 1. The molecule has 3 rings (SSSR count). The van der Waals surface area contributed by atoms with Gasteiger partial charge in [-0.15, -0.1) is 0 Å². The van der Waals surface area contributed by atoms with Crippen LogP contribution in [0, 0.1) is 0 Å². The second-order valence-electron chi connectivity index (χ2n) is 6.13. The van der Waals surface area contributed by atoms with Crippen LogP contribution in [0.2, 0.25) is 0 Å². The maximum absolute atomic E-state index is 11.4. The van der Waals surface area contributed by atoms with Crippen molar-refractivity contribution in [1.82, 2.24) is 10.2 Å². The monoisotopic (exact) mass is 352 g/mol. The molecule has 1 unspecified atom stereocenters. The van der Waals surface area contributed by atoms with Gasteiger partial charge < -0.3 is 15.8 Å². The predicted octanol–water partition coefficient (Wildman–Crippen LogP) is 0.145. The average Bonchev–Trinajstić information content (AvgIpc) is 2.57. The lowest BCUT2D eigenvalue weighted by molar-refractivity contribution is 0.262. The molecule has 2 heterocycles. The summed E-state index contributed by atoms with van der Waals surface area (Å²) in [7, 11) is -2.83. The van der Waals surface area contributed by atoms with Gasteiger partial charge in [-0.25, -0.2) is 8.42 Å². The van der Waals surface area contributed by atoms with E-state index < -0.39 is 9.84 Å². The number of hydrogen-bond donors (Lipinski definition) is 2. The van der Waals surface area contributed by atoms with Gasteiger partial charge >= 0.3 is 0 Å². The van der Waals surface area contributed by atoms with Crippen LogP contribution in [0.5, 0.6) is 5.75 Å². The summed E-state index contributed by atoms with van der Waals surface area (Å²) in [5.74, 6) is 1.79. The summed E-state index contributed by atoms with van der Waals surface area (Å²) in [5, 5.41) is 3.26. The van der Waals surface area contributed by atoms with Crippen LogP contribution in [0.3, 0.4) is 0 Å². The first kappa shape index (κ1) is 17.0. The molecule has 24 heavy (non-hydrogen) atoms. The zero-order valence-corrected chi connectivity index (χ0v) is 14.5. The number of para-hydroxylation sites is 1. The molecule has 0 bridgehead atoms. The fourth-order valence-electron chi connectivity index (χ4n) is 3.00. The number of nitrogens with one attached hydrogen (secondary N) is 1. The molecule has 1 atom stereocenters. The van der Waals surface area contributed by atoms with Crippen LogP contribution in [0.1, 0.15) is 18.0 Å². The molecule has 2 aliphatic rings. The minimum atomic E-state index is -2.83. The number of nitrogens with two attached hydrogens (primary N) is 1. The number of aliphatic imine (C=N–C) groups is 1. The first-order chi connectivity index (χ1) is 11.5. The normalized spacial score (nSPS) is 24.0. The first-order valence-corrected chi connectivity index (χ1v) is 10.1. The van der Waals surface area contributed by atoms with E-state index >= 15 is 0 Å². The van der Waals surface area contributed by atoms with Crippen LogP contribution in [-0.4, -0.2) is 63.6 Å². The molecule has 8 heteroatoms. The molecule has 2 aliphatic heterocycles. The van der Waals surface area contributed by atoms with E-state index in [2.05, 4.69) is 15.2 Å². The third kappa shape index (κ3) is 4.39. The second-order valence-corrected chi connectivity index (χ2v) is 8.44. The van der Waals surface area contributed by atoms with Crippen LogP contribution in [0.15, 0.2) is 29.3 Å². The van der Waals surface area contributed by atoms with Crippen molar-refractivity contribution in [3.05, 3.63) is 29.8 Å². The fourth-order valence-corrected chi connectivity index (χ4v) is 4.28. The highest BCUT2D eigenvalue weighted by molar-refractivity contribution is 7.91. The van der Waals surface area contributed by atoms with Crippen molar-refractivity contribution in [3.63, 3.8) is 0 Å². The molecule has 0 aliphatic carbocycles. The summed E-state index contributed by atoms with van der Waals surface area (Å²) in [6, 6.07) is 8.05. The molecule has 3 N–H and O–H groups in total. The maximum Gasteiger partial charge on any atom is 0.189 e. The van der Waals surface area contributed by atoms with E-state index in [0.29, 0.717) is 32.2 Å². The smallest absolute Gasteiger partial charge is 0.189 e. The Morgan fingerprint density at radius 1 is 1.33 bits per heavy atom. The van der Waals surface area contributed by atoms with Gasteiger partial charge in [-0.1, -0.05) is 18.2 Å². The Bertz CT molecular complexity index is 691. The molecule has 0 aromatic heterocycles. The number of guanidine groups is 1. The topological polar surface area (TPSA) is 97.0 Å². The number of hydrogen-bond acceptors (Lipinski definition) is 5. The van der Waals surface area contributed by atoms with Gasteiger partial charge in [0.1, 0.15) is 5.75 Å². The van der Waals surface area contributed by atoms with E-state index in [0.717, 1.165) is 24.3 Å². The molecule has 0 amide bonds. The van der Waals surface area contributed by atoms with Crippen molar-refractivity contribution in [2.45, 2.75) is 12.5 Å². The molecule has 132 valence electrons. The standard InChI is InChI=1S/C16H24N4O3S/c17-16(18-6-7-20-8-11-24(21,22)12-9-20)19-14-5-10-23-15-4-2-1-3-13(14)15/h1-4,14H,5-12H2,(H3,17,18,19). The van der Waals surface area contributed by atoms with E-state index in [1.54, 1.807) is 0 Å². The minimum absolute atomic E-state index is 0.110. The zero-order valence-electron chi connectivity index (χ0n) is 13.6. The molecule has 1 saturated heterocycles. The summed E-state index contributed by atoms with van der Waals surface area (Å²) >= 11 is 0. The van der Waals surface area contributed by atoms with Gasteiger partial charge in [0, 0.05) is 31.6 Å². The van der Waals surface area contributed by atoms with Gasteiger partial charge in [0.15, 0.2) is 15.8 Å². The van der Waals surface area contributed by atoms with Gasteiger partial charge in [-0.05, 0) is 6.07 Å². The van der Waals surface area contributed by atoms with Crippen LogP contribution >= 0.6 is 0 Å². The highest BCUT2D eigenvalue weighted by Crippen LogP contribution is 2.31. The van der Waals surface area contributed by atoms with Crippen molar-refractivity contribution in [2.24, 2.45) is 10.7 Å². The summed E-state index contributed by atoms with van der Waals surface area (Å²) in [5.41, 5.74) is 7.10. The lowest BCUT2D eigenvalue weighted by Gasteiger charge is -2.27. The number of rotatable bonds is 4. The molecule has 1 fully saturated rings. The Balaban J connectivity index is 1.49. The average molecular weight is 352 g/mol. The van der Waals surface area contributed by atoms with E-state index in [4.69, 9.17) is 10.5 Å². The third-order valence-electron chi connectivity index (χ3n) is 4.42. The van der Waals surface area contributed by atoms with E-state index in [-0.39, 0.29) is 17.5 Å². The molecule has 0 saturated carbocycles. The van der Waals surface area contributed by atoms with Crippen LogP contribution in [0.25, 0.3) is 0 Å². The fraction of sp³-hybridized carbons (Fsp3) is 0.562. The Morgan fingerprint density at radius 3 is 2.88 bits per heavy atom. The van der Waals surface area contributed by atoms with Crippen LogP contribution in [-0.2, 0) is 9.84 Å². The Labute approximate surface area is 142 Å². The first-order valence-electron chi connectivity index (χ1n) is 8.24. The number of nitrogens with zero attached hydrogens (tertiary/aromatic N) is 2. The predicted molar refractivity (Wildman–Crippen MR) is 94.0 cm³/mol. The Kier molecular flexibility index (Phi) is 5.25. The Morgan fingerprint density at radius 2 is 2.08 bits per heavy atom. The van der Waals surface area contributed by atoms with Crippen molar-refractivity contribution >= 4 is 15.8 Å². The minimum Gasteiger partial charge on any atom is -0.493 e. The maximum atomic E-state index is 11.4. The summed E-state index contributed by atoms with van der Waals surface area (Å²) < 4.78 is 28.4.